The predicted octanol–water partition coefficient (Wildman–Crippen LogP) is 4.96. The molecule has 1 fully saturated rings. The molecule has 8 nitrogen and oxygen atoms in total. The van der Waals surface area contributed by atoms with Gasteiger partial charge < -0.3 is 19.7 Å². The number of fused-ring (bicyclic) bond motifs is 2. The zero-order valence-corrected chi connectivity index (χ0v) is 20.7. The van der Waals surface area contributed by atoms with E-state index in [-0.39, 0.29) is 24.1 Å². The number of piperidine rings is 1. The van der Waals surface area contributed by atoms with Gasteiger partial charge in [0.05, 0.1) is 29.4 Å². The normalized spacial score (nSPS) is 19.1. The van der Waals surface area contributed by atoms with Crippen molar-refractivity contribution < 1.29 is 19.1 Å². The Hall–Kier alpha value is -3.07. The maximum atomic E-state index is 13.4. The molecule has 0 bridgehead atoms. The van der Waals surface area contributed by atoms with Crippen molar-refractivity contribution in [3.05, 3.63) is 58.2 Å². The van der Waals surface area contributed by atoms with Gasteiger partial charge in [0, 0.05) is 47.8 Å². The van der Waals surface area contributed by atoms with Gasteiger partial charge in [-0.3, -0.25) is 9.89 Å². The Morgan fingerprint density at radius 2 is 2.06 bits per heavy atom. The molecule has 1 saturated heterocycles. The number of nitrogens with zero attached hydrogens (tertiary/aromatic N) is 2. The summed E-state index contributed by atoms with van der Waals surface area (Å²) in [4.78, 5) is 27.4. The van der Waals surface area contributed by atoms with E-state index in [2.05, 4.69) is 31.4 Å². The number of hydrogen-bond donors (Lipinski definition) is 2. The summed E-state index contributed by atoms with van der Waals surface area (Å²) in [6, 6.07) is 11.2. The molecule has 9 heteroatoms. The zero-order chi connectivity index (χ0) is 23.9. The van der Waals surface area contributed by atoms with Crippen LogP contribution in [0.5, 0.6) is 5.75 Å². The lowest BCUT2D eigenvalue weighted by Crippen LogP contribution is -2.53. The highest BCUT2D eigenvalue weighted by atomic mass is 79.9. The number of likely N-dealkylation sites (tertiary alicyclic amines) is 1. The Morgan fingerprint density at radius 3 is 2.82 bits per heavy atom. The molecule has 3 heterocycles. The van der Waals surface area contributed by atoms with Crippen LogP contribution in [0.4, 0.5) is 4.79 Å². The first kappa shape index (κ1) is 22.7. The number of halogens is 1. The predicted molar refractivity (Wildman–Crippen MR) is 131 cm³/mol. The molecule has 0 saturated carbocycles. The van der Waals surface area contributed by atoms with Gasteiger partial charge >= 0.3 is 6.09 Å². The summed E-state index contributed by atoms with van der Waals surface area (Å²) in [5, 5.41) is 11.1. The smallest absolute Gasteiger partial charge is 0.410 e. The average molecular weight is 527 g/mol. The SMILES string of the molecule is CC(C)OC(=O)N1CCC2(CC1)CC(NC(=O)c1cccc3cn[nH]c13)c1cc(Br)ccc1O2. The minimum Gasteiger partial charge on any atom is -0.487 e. The quantitative estimate of drug-likeness (QED) is 0.502. The van der Waals surface area contributed by atoms with Crippen LogP contribution in [0, 0.1) is 0 Å². The Kier molecular flexibility index (Phi) is 5.97. The minimum absolute atomic E-state index is 0.154. The number of amides is 2. The van der Waals surface area contributed by atoms with Gasteiger partial charge in [0.25, 0.3) is 5.91 Å². The molecule has 1 unspecified atom stereocenters. The Morgan fingerprint density at radius 1 is 1.26 bits per heavy atom. The molecule has 1 atom stereocenters. The van der Waals surface area contributed by atoms with Crippen LogP contribution in [0.15, 0.2) is 47.1 Å². The van der Waals surface area contributed by atoms with Gasteiger partial charge in [-0.2, -0.15) is 5.10 Å². The number of nitrogens with one attached hydrogen (secondary N) is 2. The molecule has 2 aliphatic rings. The standard InChI is InChI=1S/C25H27BrN4O4/c1-15(2)33-24(32)30-10-8-25(9-11-30)13-20(19-12-17(26)6-7-21(19)34-25)28-23(31)18-5-3-4-16-14-27-29-22(16)18/h3-7,12,14-15,20H,8-11,13H2,1-2H3,(H,27,29)(H,28,31). The summed E-state index contributed by atoms with van der Waals surface area (Å²) in [6.45, 7) is 4.79. The number of rotatable bonds is 3. The Labute approximate surface area is 206 Å². The van der Waals surface area contributed by atoms with Crippen molar-refractivity contribution >= 4 is 38.8 Å². The van der Waals surface area contributed by atoms with Crippen LogP contribution in [-0.4, -0.2) is 51.9 Å². The van der Waals surface area contributed by atoms with Crippen molar-refractivity contribution in [1.82, 2.24) is 20.4 Å². The number of aromatic amines is 1. The van der Waals surface area contributed by atoms with Crippen LogP contribution in [0.25, 0.3) is 10.9 Å². The minimum atomic E-state index is -0.465. The fourth-order valence-electron chi connectivity index (χ4n) is 4.84. The topological polar surface area (TPSA) is 96.5 Å². The molecule has 1 spiro atoms. The second-order valence-electron chi connectivity index (χ2n) is 9.26. The summed E-state index contributed by atoms with van der Waals surface area (Å²) < 4.78 is 12.8. The highest BCUT2D eigenvalue weighted by Crippen LogP contribution is 2.45. The number of hydrogen-bond acceptors (Lipinski definition) is 5. The van der Waals surface area contributed by atoms with Gasteiger partial charge in [0.1, 0.15) is 11.4 Å². The molecule has 1 aromatic heterocycles. The van der Waals surface area contributed by atoms with Crippen molar-refractivity contribution in [3.8, 4) is 5.75 Å². The molecule has 2 amide bonds. The largest absolute Gasteiger partial charge is 0.487 e. The van der Waals surface area contributed by atoms with Crippen molar-refractivity contribution in [2.24, 2.45) is 0 Å². The Balaban J connectivity index is 1.39. The number of para-hydroxylation sites is 1. The molecular formula is C25H27BrN4O4. The molecule has 2 aliphatic heterocycles. The lowest BCUT2D eigenvalue weighted by molar-refractivity contribution is -0.0261. The average Bonchev–Trinajstić information content (AvgIpc) is 3.28. The van der Waals surface area contributed by atoms with E-state index in [4.69, 9.17) is 9.47 Å². The molecule has 34 heavy (non-hydrogen) atoms. The van der Waals surface area contributed by atoms with Gasteiger partial charge in [-0.05, 0) is 38.1 Å². The van der Waals surface area contributed by atoms with Gasteiger partial charge in [0.15, 0.2) is 0 Å². The van der Waals surface area contributed by atoms with E-state index < -0.39 is 5.60 Å². The fraction of sp³-hybridized carbons (Fsp3) is 0.400. The number of carbonyl (C=O) groups is 2. The van der Waals surface area contributed by atoms with Crippen LogP contribution in [-0.2, 0) is 4.74 Å². The molecule has 5 rings (SSSR count). The molecule has 0 radical (unpaired) electrons. The number of H-pyrrole nitrogens is 1. The molecular weight excluding hydrogens is 500 g/mol. The lowest BCUT2D eigenvalue weighted by Gasteiger charge is -2.46. The van der Waals surface area contributed by atoms with Gasteiger partial charge in [-0.1, -0.05) is 28.1 Å². The van der Waals surface area contributed by atoms with Crippen molar-refractivity contribution in [3.63, 3.8) is 0 Å². The highest BCUT2D eigenvalue weighted by molar-refractivity contribution is 9.10. The van der Waals surface area contributed by atoms with Crippen LogP contribution in [0.1, 0.15) is 55.1 Å². The van der Waals surface area contributed by atoms with Crippen LogP contribution >= 0.6 is 15.9 Å². The van der Waals surface area contributed by atoms with Crippen molar-refractivity contribution in [1.29, 1.82) is 0 Å². The van der Waals surface area contributed by atoms with E-state index in [1.165, 1.54) is 0 Å². The maximum Gasteiger partial charge on any atom is 0.410 e. The number of carbonyl (C=O) groups excluding carboxylic acids is 2. The summed E-state index contributed by atoms with van der Waals surface area (Å²) in [6.07, 6.45) is 3.21. The lowest BCUT2D eigenvalue weighted by atomic mass is 9.80. The number of benzene rings is 2. The van der Waals surface area contributed by atoms with E-state index in [0.717, 1.165) is 21.2 Å². The molecule has 3 aromatic rings. The molecule has 2 aromatic carbocycles. The Bertz CT molecular complexity index is 1230. The first-order valence-corrected chi connectivity index (χ1v) is 12.3. The first-order valence-electron chi connectivity index (χ1n) is 11.5. The summed E-state index contributed by atoms with van der Waals surface area (Å²) in [5.41, 5.74) is 1.74. The monoisotopic (exact) mass is 526 g/mol. The molecule has 0 aliphatic carbocycles. The highest BCUT2D eigenvalue weighted by Gasteiger charge is 2.45. The van der Waals surface area contributed by atoms with Crippen LogP contribution in [0.3, 0.4) is 0 Å². The molecule has 2 N–H and O–H groups in total. The fourth-order valence-corrected chi connectivity index (χ4v) is 5.22. The summed E-state index contributed by atoms with van der Waals surface area (Å²) >= 11 is 3.55. The zero-order valence-electron chi connectivity index (χ0n) is 19.1. The van der Waals surface area contributed by atoms with Crippen LogP contribution in [0.2, 0.25) is 0 Å². The second kappa shape index (κ2) is 8.94. The third kappa shape index (κ3) is 4.36. The third-order valence-corrected chi connectivity index (χ3v) is 7.04. The van der Waals surface area contributed by atoms with E-state index in [1.807, 2.05) is 44.2 Å². The van der Waals surface area contributed by atoms with Gasteiger partial charge in [-0.25, -0.2) is 4.79 Å². The van der Waals surface area contributed by atoms with Crippen molar-refractivity contribution in [2.45, 2.75) is 50.9 Å². The number of ether oxygens (including phenoxy) is 2. The summed E-state index contributed by atoms with van der Waals surface area (Å²) in [7, 11) is 0. The van der Waals surface area contributed by atoms with Crippen molar-refractivity contribution in [2.75, 3.05) is 13.1 Å². The second-order valence-corrected chi connectivity index (χ2v) is 10.2. The first-order chi connectivity index (χ1) is 16.3. The van der Waals surface area contributed by atoms with E-state index in [1.54, 1.807) is 17.2 Å². The summed E-state index contributed by atoms with van der Waals surface area (Å²) in [5.74, 6) is 0.596. The van der Waals surface area contributed by atoms with E-state index in [0.29, 0.717) is 43.4 Å². The molecule has 178 valence electrons. The van der Waals surface area contributed by atoms with Gasteiger partial charge in [-0.15, -0.1) is 0 Å². The van der Waals surface area contributed by atoms with E-state index in [9.17, 15) is 9.59 Å². The van der Waals surface area contributed by atoms with Gasteiger partial charge in [0.2, 0.25) is 0 Å². The number of aromatic nitrogens is 2. The van der Waals surface area contributed by atoms with Crippen LogP contribution < -0.4 is 10.1 Å². The van der Waals surface area contributed by atoms with E-state index >= 15 is 0 Å². The maximum absolute atomic E-state index is 13.4. The third-order valence-electron chi connectivity index (χ3n) is 6.55.